The predicted molar refractivity (Wildman–Crippen MR) is 52.1 cm³/mol. The molecule has 0 aliphatic rings. The first-order chi connectivity index (χ1) is 7.15. The second-order valence-corrected chi connectivity index (χ2v) is 2.78. The van der Waals surface area contributed by atoms with Crippen LogP contribution in [-0.4, -0.2) is 16.6 Å². The zero-order chi connectivity index (χ0) is 11.3. The molecule has 0 saturated heterocycles. The van der Waals surface area contributed by atoms with E-state index in [1.54, 1.807) is 0 Å². The Labute approximate surface area is 84.7 Å². The van der Waals surface area contributed by atoms with Gasteiger partial charge >= 0.3 is 0 Å². The molecule has 0 bridgehead atoms. The highest BCUT2D eigenvalue weighted by atomic mass is 16.6. The Morgan fingerprint density at radius 3 is 3.00 bits per heavy atom. The minimum absolute atomic E-state index is 0.104. The van der Waals surface area contributed by atoms with Crippen LogP contribution in [0.3, 0.4) is 0 Å². The molecular weight excluding hydrogens is 200 g/mol. The molecule has 15 heavy (non-hydrogen) atoms. The van der Waals surface area contributed by atoms with Gasteiger partial charge in [0.1, 0.15) is 0 Å². The summed E-state index contributed by atoms with van der Waals surface area (Å²) in [6.45, 7) is -0.141. The first-order valence-electron chi connectivity index (χ1n) is 4.08. The fourth-order valence-electron chi connectivity index (χ4n) is 1.06. The molecule has 0 aliphatic heterocycles. The van der Waals surface area contributed by atoms with Gasteiger partial charge < -0.3 is 5.11 Å². The van der Waals surface area contributed by atoms with Crippen LogP contribution in [-0.2, 0) is 0 Å². The molecule has 7 nitrogen and oxygen atoms in total. The SMILES string of the molecule is [N-]=[N+]=NC[C@H](O)c1cccc([N+](=O)[O-])c1. The zero-order valence-electron chi connectivity index (χ0n) is 7.65. The lowest BCUT2D eigenvalue weighted by atomic mass is 10.1. The molecule has 1 atom stereocenters. The number of rotatable bonds is 4. The standard InChI is InChI=1S/C8H8N4O3/c9-11-10-5-8(13)6-2-1-3-7(4-6)12(14)15/h1-4,8,13H,5H2/t8-/m0/s1. The minimum atomic E-state index is -1.01. The van der Waals surface area contributed by atoms with Crippen molar-refractivity contribution in [3.05, 3.63) is 50.4 Å². The average Bonchev–Trinajstić information content (AvgIpc) is 2.26. The third-order valence-corrected chi connectivity index (χ3v) is 1.78. The van der Waals surface area contributed by atoms with Gasteiger partial charge in [-0.05, 0) is 11.1 Å². The van der Waals surface area contributed by atoms with Gasteiger partial charge in [-0.1, -0.05) is 17.2 Å². The van der Waals surface area contributed by atoms with Gasteiger partial charge in [-0.25, -0.2) is 0 Å². The molecule has 0 aromatic heterocycles. The fourth-order valence-corrected chi connectivity index (χ4v) is 1.06. The maximum Gasteiger partial charge on any atom is 0.269 e. The van der Waals surface area contributed by atoms with E-state index in [1.165, 1.54) is 24.3 Å². The minimum Gasteiger partial charge on any atom is -0.388 e. The van der Waals surface area contributed by atoms with Crippen molar-refractivity contribution in [1.29, 1.82) is 0 Å². The van der Waals surface area contributed by atoms with E-state index in [1.807, 2.05) is 0 Å². The highest BCUT2D eigenvalue weighted by Crippen LogP contribution is 2.19. The second-order valence-electron chi connectivity index (χ2n) is 2.78. The summed E-state index contributed by atoms with van der Waals surface area (Å²) in [7, 11) is 0. The molecule has 0 heterocycles. The van der Waals surface area contributed by atoms with E-state index in [2.05, 4.69) is 10.0 Å². The number of non-ortho nitro benzene ring substituents is 1. The third kappa shape index (κ3) is 2.94. The Morgan fingerprint density at radius 1 is 1.67 bits per heavy atom. The summed E-state index contributed by atoms with van der Waals surface area (Å²) in [4.78, 5) is 12.4. The van der Waals surface area contributed by atoms with Crippen molar-refractivity contribution >= 4 is 5.69 Å². The van der Waals surface area contributed by atoms with E-state index >= 15 is 0 Å². The molecule has 0 fully saturated rings. The molecule has 78 valence electrons. The lowest BCUT2D eigenvalue weighted by molar-refractivity contribution is -0.385. The van der Waals surface area contributed by atoms with Crippen LogP contribution in [0.4, 0.5) is 5.69 Å². The van der Waals surface area contributed by atoms with Gasteiger partial charge in [0.2, 0.25) is 0 Å². The number of nitrogens with zero attached hydrogens (tertiary/aromatic N) is 4. The Bertz CT molecular complexity index is 414. The van der Waals surface area contributed by atoms with E-state index in [0.29, 0.717) is 5.56 Å². The molecule has 0 radical (unpaired) electrons. The van der Waals surface area contributed by atoms with Gasteiger partial charge in [0.15, 0.2) is 0 Å². The molecule has 1 aromatic rings. The van der Waals surface area contributed by atoms with Gasteiger partial charge in [-0.3, -0.25) is 10.1 Å². The predicted octanol–water partition coefficient (Wildman–Crippen LogP) is 1.94. The zero-order valence-corrected chi connectivity index (χ0v) is 7.65. The molecule has 0 unspecified atom stereocenters. The number of aliphatic hydroxyl groups excluding tert-OH is 1. The highest BCUT2D eigenvalue weighted by Gasteiger charge is 2.11. The van der Waals surface area contributed by atoms with Crippen molar-refractivity contribution < 1.29 is 10.0 Å². The summed E-state index contributed by atoms with van der Waals surface area (Å²) in [5.41, 5.74) is 8.30. The van der Waals surface area contributed by atoms with E-state index in [-0.39, 0.29) is 12.2 Å². The van der Waals surface area contributed by atoms with E-state index in [4.69, 9.17) is 5.53 Å². The number of aliphatic hydroxyl groups is 1. The first kappa shape index (κ1) is 11.0. The van der Waals surface area contributed by atoms with Crippen molar-refractivity contribution in [2.45, 2.75) is 6.10 Å². The summed E-state index contributed by atoms with van der Waals surface area (Å²) >= 11 is 0. The van der Waals surface area contributed by atoms with E-state index in [9.17, 15) is 15.2 Å². The Morgan fingerprint density at radius 2 is 2.40 bits per heavy atom. The van der Waals surface area contributed by atoms with Crippen LogP contribution in [0.1, 0.15) is 11.7 Å². The number of benzene rings is 1. The molecule has 1 rings (SSSR count). The van der Waals surface area contributed by atoms with Crippen molar-refractivity contribution in [2.24, 2.45) is 5.11 Å². The highest BCUT2D eigenvalue weighted by molar-refractivity contribution is 5.35. The summed E-state index contributed by atoms with van der Waals surface area (Å²) in [6, 6.07) is 5.57. The lowest BCUT2D eigenvalue weighted by Gasteiger charge is -2.06. The maximum atomic E-state index is 10.4. The molecule has 0 spiro atoms. The average molecular weight is 208 g/mol. The van der Waals surface area contributed by atoms with Crippen LogP contribution in [0.5, 0.6) is 0 Å². The quantitative estimate of drug-likeness (QED) is 0.268. The third-order valence-electron chi connectivity index (χ3n) is 1.78. The molecular formula is C8H8N4O3. The maximum absolute atomic E-state index is 10.4. The summed E-state index contributed by atoms with van der Waals surface area (Å²) < 4.78 is 0. The number of nitro benzene ring substituents is 1. The fraction of sp³-hybridized carbons (Fsp3) is 0.250. The molecule has 1 N–H and O–H groups in total. The van der Waals surface area contributed by atoms with Crippen LogP contribution >= 0.6 is 0 Å². The van der Waals surface area contributed by atoms with Gasteiger partial charge in [0.05, 0.1) is 17.6 Å². The number of hydrogen-bond acceptors (Lipinski definition) is 4. The van der Waals surface area contributed by atoms with Crippen molar-refractivity contribution in [3.8, 4) is 0 Å². The number of nitro groups is 1. The van der Waals surface area contributed by atoms with Crippen molar-refractivity contribution in [1.82, 2.24) is 0 Å². The van der Waals surface area contributed by atoms with Crippen LogP contribution in [0, 0.1) is 10.1 Å². The van der Waals surface area contributed by atoms with Crippen LogP contribution in [0.2, 0.25) is 0 Å². The van der Waals surface area contributed by atoms with Gasteiger partial charge in [0.25, 0.3) is 5.69 Å². The van der Waals surface area contributed by atoms with E-state index < -0.39 is 11.0 Å². The van der Waals surface area contributed by atoms with Crippen LogP contribution in [0.15, 0.2) is 29.4 Å². The molecule has 1 aromatic carbocycles. The topological polar surface area (TPSA) is 112 Å². The first-order valence-corrected chi connectivity index (χ1v) is 4.08. The lowest BCUT2D eigenvalue weighted by Crippen LogP contribution is -2.01. The van der Waals surface area contributed by atoms with Crippen LogP contribution < -0.4 is 0 Å². The van der Waals surface area contributed by atoms with Gasteiger partial charge in [-0.2, -0.15) is 0 Å². The molecule has 0 aliphatic carbocycles. The smallest absolute Gasteiger partial charge is 0.269 e. The second kappa shape index (κ2) is 4.94. The molecule has 0 amide bonds. The normalized spacial score (nSPS) is 11.5. The summed E-state index contributed by atoms with van der Waals surface area (Å²) in [5.74, 6) is 0. The largest absolute Gasteiger partial charge is 0.388 e. The Hall–Kier alpha value is -2.11. The summed E-state index contributed by atoms with van der Waals surface area (Å²) in [5, 5.41) is 23.1. The van der Waals surface area contributed by atoms with Gasteiger partial charge in [0, 0.05) is 17.0 Å². The summed E-state index contributed by atoms with van der Waals surface area (Å²) in [6.07, 6.45) is -1.01. The molecule has 7 heteroatoms. The monoisotopic (exact) mass is 208 g/mol. The number of hydrogen-bond donors (Lipinski definition) is 1. The number of azide groups is 1. The Balaban J connectivity index is 2.89. The van der Waals surface area contributed by atoms with Crippen molar-refractivity contribution in [3.63, 3.8) is 0 Å². The molecule has 0 saturated carbocycles. The van der Waals surface area contributed by atoms with E-state index in [0.717, 1.165) is 0 Å². The Kier molecular flexibility index (Phi) is 3.61. The van der Waals surface area contributed by atoms with Crippen molar-refractivity contribution in [2.75, 3.05) is 6.54 Å². The van der Waals surface area contributed by atoms with Crippen LogP contribution in [0.25, 0.3) is 10.4 Å². The van der Waals surface area contributed by atoms with Gasteiger partial charge in [-0.15, -0.1) is 0 Å².